The number of aliphatic hydroxyl groups is 1. The van der Waals surface area contributed by atoms with Gasteiger partial charge < -0.3 is 28.6 Å². The van der Waals surface area contributed by atoms with Crippen molar-refractivity contribution in [3.8, 4) is 11.5 Å². The molecule has 1 N–H and O–H groups in total. The number of fused-ring (bicyclic) bond motifs is 1. The monoisotopic (exact) mass is 624 g/mol. The van der Waals surface area contributed by atoms with Gasteiger partial charge in [0, 0.05) is 30.2 Å². The van der Waals surface area contributed by atoms with E-state index in [4.69, 9.17) is 23.9 Å². The molecule has 2 aliphatic heterocycles. The first-order valence-electron chi connectivity index (χ1n) is 15.5. The highest BCUT2D eigenvalue weighted by molar-refractivity contribution is 5.99. The standard InChI is InChI=1S/C37H40N2O7/c1-22-15-30-27(7-10-32(40)39(30)20-23-16-25(43-5)18-26(17-23)44-6)34(28(22)19-33(41)46-21-36(2,3)42)29-8-9-31-35-24(12-14-45-31)11-13-38-37(29,35)4/h7-11,13,15-18,35,42H,12,14,19-21H2,1-6H3. The number of carbonyl (C=O) groups is 1. The summed E-state index contributed by atoms with van der Waals surface area (Å²) in [5.74, 6) is 1.61. The van der Waals surface area contributed by atoms with Crippen molar-refractivity contribution in [2.75, 3.05) is 27.4 Å². The quantitative estimate of drug-likeness (QED) is 0.321. The summed E-state index contributed by atoms with van der Waals surface area (Å²) in [6, 6.07) is 10.9. The summed E-state index contributed by atoms with van der Waals surface area (Å²) in [7, 11) is 3.19. The van der Waals surface area contributed by atoms with Gasteiger partial charge in [0.1, 0.15) is 23.9 Å². The average molecular weight is 625 g/mol. The first kappa shape index (κ1) is 31.4. The van der Waals surface area contributed by atoms with Crippen molar-refractivity contribution in [3.63, 3.8) is 0 Å². The SMILES string of the molecule is COc1cc(Cn2c(=O)ccc3c(C4=CC=C5OCCC6=CC=NC4(C)C65)c(CC(=O)OCC(C)(C)O)c(C)cc32)cc(OC)c1. The van der Waals surface area contributed by atoms with Gasteiger partial charge in [-0.25, -0.2) is 0 Å². The number of methoxy groups -OCH3 is 2. The molecular formula is C37H40N2O7. The molecule has 0 bridgehead atoms. The highest BCUT2D eigenvalue weighted by Gasteiger charge is 2.48. The van der Waals surface area contributed by atoms with Crippen LogP contribution in [0.4, 0.5) is 0 Å². The number of hydrogen-bond acceptors (Lipinski definition) is 8. The van der Waals surface area contributed by atoms with Crippen molar-refractivity contribution in [3.05, 3.63) is 98.6 Å². The van der Waals surface area contributed by atoms with Crippen LogP contribution in [0.5, 0.6) is 11.5 Å². The summed E-state index contributed by atoms with van der Waals surface area (Å²) in [5, 5.41) is 11.0. The summed E-state index contributed by atoms with van der Waals surface area (Å²) in [6.45, 7) is 8.02. The van der Waals surface area contributed by atoms with Gasteiger partial charge in [0.2, 0.25) is 0 Å². The Bertz CT molecular complexity index is 1880. The molecule has 2 unspecified atom stereocenters. The lowest BCUT2D eigenvalue weighted by molar-refractivity contribution is -0.149. The van der Waals surface area contributed by atoms with Gasteiger partial charge in [0.05, 0.1) is 56.4 Å². The van der Waals surface area contributed by atoms with E-state index in [1.165, 1.54) is 5.57 Å². The van der Waals surface area contributed by atoms with Crippen LogP contribution in [0.2, 0.25) is 0 Å². The number of aliphatic imine (C=N–C) groups is 1. The Labute approximate surface area is 268 Å². The second-order valence-corrected chi connectivity index (χ2v) is 13.0. The van der Waals surface area contributed by atoms with Crippen LogP contribution in [0, 0.1) is 12.8 Å². The Morgan fingerprint density at radius 2 is 1.85 bits per heavy atom. The number of aromatic nitrogens is 1. The molecule has 46 heavy (non-hydrogen) atoms. The van der Waals surface area contributed by atoms with Gasteiger partial charge in [-0.05, 0) is 91.9 Å². The molecule has 1 fully saturated rings. The summed E-state index contributed by atoms with van der Waals surface area (Å²) >= 11 is 0. The third-order valence-electron chi connectivity index (χ3n) is 9.02. The molecule has 1 aliphatic carbocycles. The summed E-state index contributed by atoms with van der Waals surface area (Å²) in [6.07, 6.45) is 8.80. The number of hydrogen-bond donors (Lipinski definition) is 1. The van der Waals surface area contributed by atoms with E-state index in [0.717, 1.165) is 50.9 Å². The van der Waals surface area contributed by atoms with Crippen LogP contribution in [-0.2, 0) is 27.2 Å². The molecule has 1 aromatic heterocycles. The summed E-state index contributed by atoms with van der Waals surface area (Å²) in [4.78, 5) is 31.9. The molecule has 2 atom stereocenters. The number of esters is 1. The molecule has 2 aromatic carbocycles. The van der Waals surface area contributed by atoms with Crippen molar-refractivity contribution in [2.45, 2.75) is 58.2 Å². The van der Waals surface area contributed by atoms with Crippen molar-refractivity contribution < 1.29 is 28.8 Å². The van der Waals surface area contributed by atoms with Gasteiger partial charge in [-0.15, -0.1) is 0 Å². The number of pyridine rings is 1. The highest BCUT2D eigenvalue weighted by Crippen LogP contribution is 2.52. The lowest BCUT2D eigenvalue weighted by atomic mass is 9.66. The van der Waals surface area contributed by atoms with E-state index in [0.29, 0.717) is 18.1 Å². The van der Waals surface area contributed by atoms with Gasteiger partial charge in [-0.2, -0.15) is 0 Å². The van der Waals surface area contributed by atoms with E-state index >= 15 is 0 Å². The van der Waals surface area contributed by atoms with Crippen LogP contribution in [-0.4, -0.2) is 60.4 Å². The zero-order valence-corrected chi connectivity index (χ0v) is 27.2. The topological polar surface area (TPSA) is 109 Å². The van der Waals surface area contributed by atoms with Crippen LogP contribution in [0.25, 0.3) is 16.5 Å². The first-order chi connectivity index (χ1) is 21.9. The van der Waals surface area contributed by atoms with Crippen molar-refractivity contribution in [1.29, 1.82) is 0 Å². The number of ether oxygens (including phenoxy) is 4. The number of dihydropyridines is 1. The smallest absolute Gasteiger partial charge is 0.310 e. The molecule has 0 saturated carbocycles. The van der Waals surface area contributed by atoms with Crippen LogP contribution >= 0.6 is 0 Å². The Balaban J connectivity index is 1.57. The third kappa shape index (κ3) is 5.75. The Morgan fingerprint density at radius 1 is 1.11 bits per heavy atom. The van der Waals surface area contributed by atoms with Crippen LogP contribution in [0.15, 0.2) is 75.7 Å². The Kier molecular flexibility index (Phi) is 8.14. The first-order valence-corrected chi connectivity index (χ1v) is 15.5. The molecule has 9 heteroatoms. The maximum atomic E-state index is 13.5. The minimum Gasteiger partial charge on any atom is -0.497 e. The lowest BCUT2D eigenvalue weighted by Gasteiger charge is -2.45. The van der Waals surface area contributed by atoms with Gasteiger partial charge in [0.25, 0.3) is 5.56 Å². The van der Waals surface area contributed by atoms with Crippen molar-refractivity contribution >= 4 is 28.7 Å². The van der Waals surface area contributed by atoms with E-state index in [-0.39, 0.29) is 31.0 Å². The van der Waals surface area contributed by atoms with E-state index in [1.54, 1.807) is 44.8 Å². The van der Waals surface area contributed by atoms with E-state index < -0.39 is 17.1 Å². The molecule has 1 saturated heterocycles. The van der Waals surface area contributed by atoms with E-state index in [2.05, 4.69) is 13.0 Å². The number of benzene rings is 2. The minimum atomic E-state index is -1.16. The zero-order valence-electron chi connectivity index (χ0n) is 27.2. The molecule has 0 radical (unpaired) electrons. The predicted octanol–water partition coefficient (Wildman–Crippen LogP) is 5.32. The molecule has 0 spiro atoms. The normalized spacial score (nSPS) is 20.2. The maximum absolute atomic E-state index is 13.5. The zero-order chi connectivity index (χ0) is 32.8. The predicted molar refractivity (Wildman–Crippen MR) is 178 cm³/mol. The maximum Gasteiger partial charge on any atom is 0.310 e. The fourth-order valence-electron chi connectivity index (χ4n) is 6.82. The van der Waals surface area contributed by atoms with Gasteiger partial charge in [0.15, 0.2) is 0 Å². The average Bonchev–Trinajstić information content (AvgIpc) is 3.02. The third-order valence-corrected chi connectivity index (χ3v) is 9.02. The second-order valence-electron chi connectivity index (χ2n) is 13.0. The molecule has 3 heterocycles. The largest absolute Gasteiger partial charge is 0.497 e. The van der Waals surface area contributed by atoms with E-state index in [9.17, 15) is 14.7 Å². The van der Waals surface area contributed by atoms with Gasteiger partial charge in [-0.1, -0.05) is 11.6 Å². The molecule has 9 nitrogen and oxygen atoms in total. The number of nitrogens with zero attached hydrogens (tertiary/aromatic N) is 2. The lowest BCUT2D eigenvalue weighted by Crippen LogP contribution is -2.43. The van der Waals surface area contributed by atoms with Gasteiger partial charge >= 0.3 is 5.97 Å². The number of allylic oxidation sites excluding steroid dienone is 3. The molecule has 0 amide bonds. The summed E-state index contributed by atoms with van der Waals surface area (Å²) < 4.78 is 24.4. The number of aryl methyl sites for hydroxylation is 1. The fourth-order valence-corrected chi connectivity index (χ4v) is 6.82. The number of rotatable bonds is 9. The molecule has 3 aromatic rings. The summed E-state index contributed by atoms with van der Waals surface area (Å²) in [5.41, 5.74) is 4.19. The molecule has 6 rings (SSSR count). The van der Waals surface area contributed by atoms with Crippen LogP contribution in [0.3, 0.4) is 0 Å². The number of carbonyl (C=O) groups excluding carboxylic acids is 1. The molecule has 3 aliphatic rings. The minimum absolute atomic E-state index is 0.0169. The van der Waals surface area contributed by atoms with Crippen LogP contribution in [0.1, 0.15) is 49.4 Å². The fraction of sp³-hybridized carbons (Fsp3) is 0.378. The van der Waals surface area contributed by atoms with Crippen molar-refractivity contribution in [1.82, 2.24) is 4.57 Å². The second kappa shape index (κ2) is 11.9. The highest BCUT2D eigenvalue weighted by atomic mass is 16.5. The molecular weight excluding hydrogens is 584 g/mol. The van der Waals surface area contributed by atoms with E-state index in [1.807, 2.05) is 49.6 Å². The van der Waals surface area contributed by atoms with Gasteiger partial charge in [-0.3, -0.25) is 14.6 Å². The van der Waals surface area contributed by atoms with Crippen LogP contribution < -0.4 is 15.0 Å². The Hall–Kier alpha value is -4.63. The Morgan fingerprint density at radius 3 is 2.54 bits per heavy atom. The van der Waals surface area contributed by atoms with Crippen molar-refractivity contribution in [2.24, 2.45) is 10.9 Å². The molecule has 240 valence electrons.